The average molecular weight is 499 g/mol. The molecule has 1 aliphatic carbocycles. The molecule has 0 amide bonds. The molecule has 0 radical (unpaired) electrons. The molecule has 7 heteroatoms. The maximum atomic E-state index is 13.5. The summed E-state index contributed by atoms with van der Waals surface area (Å²) in [6.07, 6.45) is 6.99. The van der Waals surface area contributed by atoms with Gasteiger partial charge in [0.2, 0.25) is 0 Å². The molecule has 200 valence electrons. The van der Waals surface area contributed by atoms with E-state index in [-0.39, 0.29) is 5.92 Å². The minimum Gasteiger partial charge on any atom is -0.385 e. The highest BCUT2D eigenvalue weighted by atomic mass is 19.4. The fraction of sp³-hybridized carbons (Fsp3) is 0.786. The van der Waals surface area contributed by atoms with Crippen LogP contribution in [0.2, 0.25) is 0 Å². The van der Waals surface area contributed by atoms with Crippen molar-refractivity contribution in [2.45, 2.75) is 88.4 Å². The van der Waals surface area contributed by atoms with Crippen molar-refractivity contribution in [1.82, 2.24) is 10.2 Å². The van der Waals surface area contributed by atoms with Crippen LogP contribution < -0.4 is 5.32 Å². The van der Waals surface area contributed by atoms with Crippen LogP contribution in [0.4, 0.5) is 13.2 Å². The van der Waals surface area contributed by atoms with E-state index in [1.54, 1.807) is 13.2 Å². The summed E-state index contributed by atoms with van der Waals surface area (Å²) in [6.45, 7) is 3.19. The topological polar surface area (TPSA) is 44.7 Å². The maximum absolute atomic E-state index is 13.5. The molecule has 3 atom stereocenters. The van der Waals surface area contributed by atoms with E-state index in [0.29, 0.717) is 31.1 Å². The Morgan fingerprint density at radius 1 is 1.09 bits per heavy atom. The van der Waals surface area contributed by atoms with Crippen LogP contribution in [0.1, 0.15) is 81.8 Å². The zero-order chi connectivity index (χ0) is 25.3. The van der Waals surface area contributed by atoms with Crippen molar-refractivity contribution in [3.8, 4) is 0 Å². The summed E-state index contributed by atoms with van der Waals surface area (Å²) in [5, 5.41) is 15.5. The molecule has 1 unspecified atom stereocenters. The molecule has 0 aromatic heterocycles. The Morgan fingerprint density at radius 2 is 1.83 bits per heavy atom. The number of aliphatic hydroxyl groups is 1. The molecule has 1 saturated carbocycles. The number of likely N-dealkylation sites (tertiary alicyclic amines) is 1. The maximum Gasteiger partial charge on any atom is 0.416 e. The zero-order valence-corrected chi connectivity index (χ0v) is 21.6. The quantitative estimate of drug-likeness (QED) is 0.348. The van der Waals surface area contributed by atoms with Gasteiger partial charge in [-0.25, -0.2) is 0 Å². The SMILES string of the molecule is CNCC(CC1CCCCC1)N1CCC[C@@H]([C@@](O)(CCCCOC)c2cccc(C(F)(F)F)c2)C1. The lowest BCUT2D eigenvalue weighted by molar-refractivity contribution is -0.138. The summed E-state index contributed by atoms with van der Waals surface area (Å²) in [4.78, 5) is 2.51. The highest BCUT2D eigenvalue weighted by molar-refractivity contribution is 5.31. The number of methoxy groups -OCH3 is 1. The van der Waals surface area contributed by atoms with Gasteiger partial charge in [-0.15, -0.1) is 0 Å². The van der Waals surface area contributed by atoms with Gasteiger partial charge in [-0.05, 0) is 75.7 Å². The standard InChI is InChI=1S/C28H45F3N2O2/c1-32-20-26(18-22-10-4-3-5-11-22)33-16-9-14-25(21-33)27(34,15-6-7-17-35-2)23-12-8-13-24(19-23)28(29,30)31/h8,12-13,19,22,25-26,32,34H,3-7,9-11,14-18,20-21H2,1-2H3/t25-,26?,27-/m1/s1. The largest absolute Gasteiger partial charge is 0.416 e. The van der Waals surface area contributed by atoms with E-state index in [2.05, 4.69) is 10.2 Å². The van der Waals surface area contributed by atoms with E-state index in [0.717, 1.165) is 57.3 Å². The normalized spacial score (nSPS) is 23.2. The van der Waals surface area contributed by atoms with Gasteiger partial charge in [0.15, 0.2) is 0 Å². The second kappa shape index (κ2) is 13.4. The number of benzene rings is 1. The number of ether oxygens (including phenoxy) is 1. The lowest BCUT2D eigenvalue weighted by atomic mass is 9.73. The molecule has 4 nitrogen and oxygen atoms in total. The van der Waals surface area contributed by atoms with Crippen molar-refractivity contribution in [3.63, 3.8) is 0 Å². The van der Waals surface area contributed by atoms with Gasteiger partial charge in [0.1, 0.15) is 0 Å². The second-order valence-electron chi connectivity index (χ2n) is 10.7. The van der Waals surface area contributed by atoms with Crippen LogP contribution in [0.5, 0.6) is 0 Å². The number of hydrogen-bond donors (Lipinski definition) is 2. The zero-order valence-electron chi connectivity index (χ0n) is 21.6. The molecule has 0 bridgehead atoms. The van der Waals surface area contributed by atoms with Gasteiger partial charge in [0, 0.05) is 38.8 Å². The van der Waals surface area contributed by atoms with Crippen molar-refractivity contribution < 1.29 is 23.0 Å². The lowest BCUT2D eigenvalue weighted by Crippen LogP contribution is -2.52. The third-order valence-corrected chi connectivity index (χ3v) is 8.26. The molecule has 0 spiro atoms. The molecule has 3 rings (SSSR count). The Bertz CT molecular complexity index is 754. The third-order valence-electron chi connectivity index (χ3n) is 8.26. The van der Waals surface area contributed by atoms with E-state index in [9.17, 15) is 18.3 Å². The van der Waals surface area contributed by atoms with Crippen molar-refractivity contribution >= 4 is 0 Å². The van der Waals surface area contributed by atoms with E-state index in [1.165, 1.54) is 44.2 Å². The number of piperidine rings is 1. The number of nitrogens with zero attached hydrogens (tertiary/aromatic N) is 1. The molecule has 1 heterocycles. The minimum absolute atomic E-state index is 0.104. The molecule has 35 heavy (non-hydrogen) atoms. The van der Waals surface area contributed by atoms with Gasteiger partial charge < -0.3 is 15.2 Å². The predicted molar refractivity (Wildman–Crippen MR) is 134 cm³/mol. The monoisotopic (exact) mass is 498 g/mol. The number of halogens is 3. The number of nitrogens with one attached hydrogen (secondary N) is 1. The van der Waals surface area contributed by atoms with Crippen molar-refractivity contribution in [3.05, 3.63) is 35.4 Å². The smallest absolute Gasteiger partial charge is 0.385 e. The molecule has 2 fully saturated rings. The van der Waals surface area contributed by atoms with E-state index in [1.807, 2.05) is 7.05 Å². The predicted octanol–water partition coefficient (Wildman–Crippen LogP) is 5.98. The van der Waals surface area contributed by atoms with Gasteiger partial charge in [-0.2, -0.15) is 13.2 Å². The van der Waals surface area contributed by atoms with Crippen LogP contribution >= 0.6 is 0 Å². The van der Waals surface area contributed by atoms with Gasteiger partial charge in [0.25, 0.3) is 0 Å². The first-order valence-corrected chi connectivity index (χ1v) is 13.6. The fourth-order valence-corrected chi connectivity index (χ4v) is 6.32. The number of alkyl halides is 3. The molecular formula is C28H45F3N2O2. The summed E-state index contributed by atoms with van der Waals surface area (Å²) in [5.74, 6) is 0.645. The number of rotatable bonds is 12. The first-order chi connectivity index (χ1) is 16.8. The molecular weight excluding hydrogens is 453 g/mol. The highest BCUT2D eigenvalue weighted by Gasteiger charge is 2.42. The molecule has 1 saturated heterocycles. The number of unbranched alkanes of at least 4 members (excludes halogenated alkanes) is 1. The Kier molecular flexibility index (Phi) is 10.9. The fourth-order valence-electron chi connectivity index (χ4n) is 6.32. The van der Waals surface area contributed by atoms with Crippen LogP contribution in [0, 0.1) is 11.8 Å². The summed E-state index contributed by atoms with van der Waals surface area (Å²) in [6, 6.07) is 5.77. The molecule has 1 aromatic carbocycles. The van der Waals surface area contributed by atoms with Gasteiger partial charge in [0.05, 0.1) is 11.2 Å². The van der Waals surface area contributed by atoms with Crippen LogP contribution in [0.25, 0.3) is 0 Å². The molecule has 2 aliphatic rings. The van der Waals surface area contributed by atoms with Crippen LogP contribution in [-0.4, -0.2) is 56.4 Å². The molecule has 1 aliphatic heterocycles. The van der Waals surface area contributed by atoms with Gasteiger partial charge >= 0.3 is 6.18 Å². The Morgan fingerprint density at radius 3 is 2.51 bits per heavy atom. The Balaban J connectivity index is 1.82. The summed E-state index contributed by atoms with van der Waals surface area (Å²) < 4.78 is 45.7. The highest BCUT2D eigenvalue weighted by Crippen LogP contribution is 2.42. The number of hydrogen-bond acceptors (Lipinski definition) is 4. The van der Waals surface area contributed by atoms with Crippen LogP contribution in [0.15, 0.2) is 24.3 Å². The Hall–Kier alpha value is -1.15. The Labute approximate surface area is 209 Å². The van der Waals surface area contributed by atoms with Crippen LogP contribution in [-0.2, 0) is 16.5 Å². The van der Waals surface area contributed by atoms with Crippen LogP contribution in [0.3, 0.4) is 0 Å². The van der Waals surface area contributed by atoms with E-state index < -0.39 is 17.3 Å². The van der Waals surface area contributed by atoms with Crippen molar-refractivity contribution in [1.29, 1.82) is 0 Å². The first kappa shape index (κ1) is 28.4. The third kappa shape index (κ3) is 7.91. The average Bonchev–Trinajstić information content (AvgIpc) is 2.86. The van der Waals surface area contributed by atoms with Crippen molar-refractivity contribution in [2.75, 3.05) is 40.4 Å². The lowest BCUT2D eigenvalue weighted by Gasteiger charge is -2.46. The first-order valence-electron chi connectivity index (χ1n) is 13.6. The van der Waals surface area contributed by atoms with E-state index in [4.69, 9.17) is 4.74 Å². The summed E-state index contributed by atoms with van der Waals surface area (Å²) >= 11 is 0. The second-order valence-corrected chi connectivity index (χ2v) is 10.7. The summed E-state index contributed by atoms with van der Waals surface area (Å²) in [5.41, 5.74) is -1.58. The van der Waals surface area contributed by atoms with Crippen molar-refractivity contribution in [2.24, 2.45) is 11.8 Å². The van der Waals surface area contributed by atoms with Gasteiger partial charge in [-0.1, -0.05) is 44.2 Å². The molecule has 1 aromatic rings. The van der Waals surface area contributed by atoms with Gasteiger partial charge in [-0.3, -0.25) is 4.90 Å². The molecule has 2 N–H and O–H groups in total. The van der Waals surface area contributed by atoms with E-state index >= 15 is 0 Å². The minimum atomic E-state index is -4.43. The summed E-state index contributed by atoms with van der Waals surface area (Å²) in [7, 11) is 3.64. The number of likely N-dealkylation sites (N-methyl/N-ethyl adjacent to an activating group) is 1.